The number of hydrogen-bond acceptors (Lipinski definition) is 3. The van der Waals surface area contributed by atoms with Crippen LogP contribution in [0.1, 0.15) is 5.56 Å². The molecule has 0 aliphatic carbocycles. The van der Waals surface area contributed by atoms with Crippen molar-refractivity contribution in [1.82, 2.24) is 5.16 Å². The third-order valence-corrected chi connectivity index (χ3v) is 3.36. The lowest BCUT2D eigenvalue weighted by Gasteiger charge is -2.01. The molecule has 0 aliphatic rings. The Labute approximate surface area is 119 Å². The second-order valence-corrected chi connectivity index (χ2v) is 4.79. The van der Waals surface area contributed by atoms with E-state index in [9.17, 15) is 4.79 Å². The van der Waals surface area contributed by atoms with E-state index in [1.165, 1.54) is 0 Å². The molecule has 5 heteroatoms. The Bertz CT molecular complexity index is 780. The first-order valence-electron chi connectivity index (χ1n) is 6.01. The predicted molar refractivity (Wildman–Crippen MR) is 75.8 cm³/mol. The van der Waals surface area contributed by atoms with E-state index in [0.29, 0.717) is 27.2 Å². The second kappa shape index (κ2) is 4.98. The number of aliphatic carboxylic acids is 1. The first-order chi connectivity index (χ1) is 9.66. The van der Waals surface area contributed by atoms with E-state index in [0.717, 1.165) is 5.56 Å². The molecular weight excluding hydrogens is 278 g/mol. The predicted octanol–water partition coefficient (Wildman–Crippen LogP) is 3.78. The van der Waals surface area contributed by atoms with E-state index in [4.69, 9.17) is 21.2 Å². The number of carbonyl (C=O) groups is 1. The van der Waals surface area contributed by atoms with E-state index < -0.39 is 5.97 Å². The van der Waals surface area contributed by atoms with Crippen LogP contribution in [0.3, 0.4) is 0 Å². The van der Waals surface area contributed by atoms with Gasteiger partial charge in [-0.2, -0.15) is 0 Å². The summed E-state index contributed by atoms with van der Waals surface area (Å²) in [4.78, 5) is 10.9. The molecule has 0 unspecified atom stereocenters. The summed E-state index contributed by atoms with van der Waals surface area (Å²) < 4.78 is 5.38. The van der Waals surface area contributed by atoms with E-state index >= 15 is 0 Å². The van der Waals surface area contributed by atoms with Crippen molar-refractivity contribution >= 4 is 28.5 Å². The fraction of sp³-hybridized carbons (Fsp3) is 0.0667. The highest BCUT2D eigenvalue weighted by Crippen LogP contribution is 2.35. The highest BCUT2D eigenvalue weighted by Gasteiger charge is 2.17. The summed E-state index contributed by atoms with van der Waals surface area (Å²) in [6, 6.07) is 12.8. The molecule has 0 atom stereocenters. The van der Waals surface area contributed by atoms with Crippen molar-refractivity contribution in [2.75, 3.05) is 0 Å². The molecule has 20 heavy (non-hydrogen) atoms. The molecule has 100 valence electrons. The molecule has 1 N–H and O–H groups in total. The fourth-order valence-corrected chi connectivity index (χ4v) is 2.40. The number of rotatable bonds is 3. The van der Waals surface area contributed by atoms with Crippen LogP contribution < -0.4 is 0 Å². The van der Waals surface area contributed by atoms with Crippen LogP contribution in [-0.4, -0.2) is 16.2 Å². The van der Waals surface area contributed by atoms with Gasteiger partial charge in [-0.1, -0.05) is 53.2 Å². The second-order valence-electron chi connectivity index (χ2n) is 4.38. The number of nitrogens with zero attached hydrogens (tertiary/aromatic N) is 1. The molecule has 0 saturated heterocycles. The zero-order valence-corrected chi connectivity index (χ0v) is 11.1. The minimum Gasteiger partial charge on any atom is -0.481 e. The van der Waals surface area contributed by atoms with Gasteiger partial charge >= 0.3 is 5.97 Å². The van der Waals surface area contributed by atoms with Crippen molar-refractivity contribution in [2.45, 2.75) is 6.42 Å². The number of carboxylic acid groups (broad SMARTS) is 1. The molecule has 0 bridgehead atoms. The van der Waals surface area contributed by atoms with Gasteiger partial charge in [0, 0.05) is 5.56 Å². The number of fused-ring (bicyclic) bond motifs is 1. The minimum atomic E-state index is -0.919. The highest BCUT2D eigenvalue weighted by atomic mass is 35.5. The van der Waals surface area contributed by atoms with Crippen LogP contribution in [0, 0.1) is 0 Å². The van der Waals surface area contributed by atoms with E-state index in [2.05, 4.69) is 5.16 Å². The first-order valence-corrected chi connectivity index (χ1v) is 6.38. The number of hydrogen-bond donors (Lipinski definition) is 1. The minimum absolute atomic E-state index is 0.117. The van der Waals surface area contributed by atoms with E-state index in [-0.39, 0.29) is 6.42 Å². The summed E-state index contributed by atoms with van der Waals surface area (Å²) in [5.74, 6) is -0.365. The summed E-state index contributed by atoms with van der Waals surface area (Å²) in [6.45, 7) is 0. The van der Waals surface area contributed by atoms with Crippen molar-refractivity contribution in [3.05, 3.63) is 53.1 Å². The maximum absolute atomic E-state index is 10.9. The van der Waals surface area contributed by atoms with Gasteiger partial charge in [-0.3, -0.25) is 4.79 Å². The van der Waals surface area contributed by atoms with Gasteiger partial charge in [-0.05, 0) is 11.6 Å². The fourth-order valence-electron chi connectivity index (χ4n) is 2.16. The maximum atomic E-state index is 10.9. The van der Waals surface area contributed by atoms with Gasteiger partial charge in [0.25, 0.3) is 0 Å². The Kier molecular flexibility index (Phi) is 3.16. The van der Waals surface area contributed by atoms with Gasteiger partial charge in [0.1, 0.15) is 5.52 Å². The third-order valence-electron chi connectivity index (χ3n) is 3.04. The third kappa shape index (κ3) is 2.14. The Morgan fingerprint density at radius 3 is 2.65 bits per heavy atom. The molecular formula is C15H10ClNO3. The molecule has 0 radical (unpaired) electrons. The zero-order valence-electron chi connectivity index (χ0n) is 10.3. The average Bonchev–Trinajstić information content (AvgIpc) is 2.88. The smallest absolute Gasteiger partial charge is 0.307 e. The molecule has 2 aromatic carbocycles. The molecule has 1 heterocycles. The van der Waals surface area contributed by atoms with Crippen molar-refractivity contribution in [3.63, 3.8) is 0 Å². The number of halogens is 1. The summed E-state index contributed by atoms with van der Waals surface area (Å²) in [6.07, 6.45) is -0.117. The maximum Gasteiger partial charge on any atom is 0.307 e. The molecule has 1 aromatic heterocycles. The molecule has 0 amide bonds. The standard InChI is InChI=1S/C15H10ClNO3/c16-11-7-6-10(8-12(18)19)14-13(11)15(20-17-14)9-4-2-1-3-5-9/h1-7H,8H2,(H,18,19). The molecule has 3 rings (SSSR count). The first kappa shape index (κ1) is 12.7. The lowest BCUT2D eigenvalue weighted by Crippen LogP contribution is -2.00. The van der Waals surface area contributed by atoms with Gasteiger partial charge in [0.15, 0.2) is 5.76 Å². The number of aromatic nitrogens is 1. The Morgan fingerprint density at radius 1 is 1.20 bits per heavy atom. The average molecular weight is 288 g/mol. The summed E-state index contributed by atoms with van der Waals surface area (Å²) in [5, 5.41) is 14.1. The normalized spacial score (nSPS) is 10.8. The Hall–Kier alpha value is -2.33. The quantitative estimate of drug-likeness (QED) is 0.796. The topological polar surface area (TPSA) is 63.3 Å². The van der Waals surface area contributed by atoms with Crippen molar-refractivity contribution in [2.24, 2.45) is 0 Å². The highest BCUT2D eigenvalue weighted by molar-refractivity contribution is 6.36. The van der Waals surface area contributed by atoms with Crippen LogP contribution in [0.25, 0.3) is 22.2 Å². The van der Waals surface area contributed by atoms with Crippen LogP contribution in [0.4, 0.5) is 0 Å². The summed E-state index contributed by atoms with van der Waals surface area (Å²) >= 11 is 6.21. The van der Waals surface area contributed by atoms with Crippen molar-refractivity contribution < 1.29 is 14.4 Å². The lowest BCUT2D eigenvalue weighted by atomic mass is 10.0. The van der Waals surface area contributed by atoms with Crippen LogP contribution >= 0.6 is 11.6 Å². The zero-order chi connectivity index (χ0) is 14.1. The van der Waals surface area contributed by atoms with Gasteiger partial charge in [-0.15, -0.1) is 0 Å². The summed E-state index contributed by atoms with van der Waals surface area (Å²) in [7, 11) is 0. The molecule has 0 spiro atoms. The van der Waals surface area contributed by atoms with Crippen LogP contribution in [0.5, 0.6) is 0 Å². The lowest BCUT2D eigenvalue weighted by molar-refractivity contribution is -0.136. The monoisotopic (exact) mass is 287 g/mol. The van der Waals surface area contributed by atoms with E-state index in [1.54, 1.807) is 12.1 Å². The Morgan fingerprint density at radius 2 is 1.95 bits per heavy atom. The van der Waals surface area contributed by atoms with Crippen LogP contribution in [-0.2, 0) is 11.2 Å². The molecule has 3 aromatic rings. The molecule has 0 fully saturated rings. The van der Waals surface area contributed by atoms with Gasteiger partial charge < -0.3 is 9.63 Å². The summed E-state index contributed by atoms with van der Waals surface area (Å²) in [5.41, 5.74) is 1.94. The van der Waals surface area contributed by atoms with Crippen molar-refractivity contribution in [1.29, 1.82) is 0 Å². The van der Waals surface area contributed by atoms with Crippen LogP contribution in [0.2, 0.25) is 5.02 Å². The number of carboxylic acids is 1. The molecule has 0 saturated carbocycles. The van der Waals surface area contributed by atoms with Gasteiger partial charge in [0.2, 0.25) is 0 Å². The van der Waals surface area contributed by atoms with Gasteiger partial charge in [0.05, 0.1) is 16.8 Å². The Balaban J connectivity index is 2.24. The number of benzene rings is 2. The molecule has 4 nitrogen and oxygen atoms in total. The van der Waals surface area contributed by atoms with Gasteiger partial charge in [-0.25, -0.2) is 0 Å². The molecule has 0 aliphatic heterocycles. The van der Waals surface area contributed by atoms with E-state index in [1.807, 2.05) is 30.3 Å². The van der Waals surface area contributed by atoms with Crippen molar-refractivity contribution in [3.8, 4) is 11.3 Å². The largest absolute Gasteiger partial charge is 0.481 e. The SMILES string of the molecule is O=C(O)Cc1ccc(Cl)c2c(-c3ccccc3)onc12. The van der Waals surface area contributed by atoms with Crippen LogP contribution in [0.15, 0.2) is 47.0 Å².